The predicted octanol–water partition coefficient (Wildman–Crippen LogP) is 8.89. The molecule has 206 valence electrons. The molecule has 3 aliphatic carbocycles. The average Bonchev–Trinajstić information content (AvgIpc) is 2.84. The second-order valence-corrected chi connectivity index (χ2v) is 15.3. The van der Waals surface area contributed by atoms with E-state index in [9.17, 15) is 14.9 Å². The van der Waals surface area contributed by atoms with Crippen LogP contribution in [0, 0.1) is 61.6 Å². The Balaban J connectivity index is 2.01. The molecular weight excluding hydrogens is 454 g/mol. The molecule has 0 amide bonds. The first-order valence-electron chi connectivity index (χ1n) is 14.7. The lowest BCUT2D eigenvalue weighted by Gasteiger charge is -2.68. The number of carbonyl (C=O) groups excluding carboxylic acids is 2. The summed E-state index contributed by atoms with van der Waals surface area (Å²) in [5, 5.41) is 9.87. The number of allylic oxidation sites excluding steroid dienone is 3. The van der Waals surface area contributed by atoms with Crippen LogP contribution in [-0.2, 0) is 9.59 Å². The Morgan fingerprint density at radius 2 is 1.70 bits per heavy atom. The van der Waals surface area contributed by atoms with Crippen LogP contribution in [0.1, 0.15) is 121 Å². The monoisotopic (exact) mass is 507 g/mol. The fourth-order valence-corrected chi connectivity index (χ4v) is 8.70. The van der Waals surface area contributed by atoms with Gasteiger partial charge in [0.05, 0.1) is 5.57 Å². The van der Waals surface area contributed by atoms with Gasteiger partial charge >= 0.3 is 0 Å². The highest BCUT2D eigenvalue weighted by Gasteiger charge is 2.67. The third-order valence-corrected chi connectivity index (χ3v) is 12.7. The van der Waals surface area contributed by atoms with Gasteiger partial charge < -0.3 is 0 Å². The van der Waals surface area contributed by atoms with E-state index in [0.717, 1.165) is 32.1 Å². The highest BCUT2D eigenvalue weighted by molar-refractivity contribution is 6.04. The Kier molecular flexibility index (Phi) is 7.67. The van der Waals surface area contributed by atoms with Gasteiger partial charge in [0.15, 0.2) is 5.78 Å². The molecule has 0 radical (unpaired) electrons. The lowest BCUT2D eigenvalue weighted by molar-refractivity contribution is -0.187. The summed E-state index contributed by atoms with van der Waals surface area (Å²) in [5.74, 6) is 0.574. The molecule has 3 unspecified atom stereocenters. The molecule has 7 atom stereocenters. The van der Waals surface area contributed by atoms with Crippen molar-refractivity contribution in [1.29, 1.82) is 5.26 Å². The standard InChI is InChI=1S/C34H53NO2/c1-12-29(4,5)16-17-31(8,13-2)18-19-33(10)23(3)25(36)20-27-32(9)21-24(22-35)28(37)30(6,7)26(32)14-15-34(27,33)11/h13,21,23,26-27H,2,12,14-20H2,1,3-11H3/t23?,26?,27?,31-,32-,33+,34+/m0/s1. The van der Waals surface area contributed by atoms with Gasteiger partial charge in [-0.15, -0.1) is 6.58 Å². The number of hydrogen-bond acceptors (Lipinski definition) is 3. The number of ketones is 2. The Hall–Kier alpha value is -1.69. The number of nitriles is 1. The van der Waals surface area contributed by atoms with Crippen molar-refractivity contribution < 1.29 is 9.59 Å². The van der Waals surface area contributed by atoms with Crippen LogP contribution in [0.4, 0.5) is 0 Å². The topological polar surface area (TPSA) is 57.9 Å². The summed E-state index contributed by atoms with van der Waals surface area (Å²) < 4.78 is 0. The van der Waals surface area contributed by atoms with Crippen molar-refractivity contribution in [2.24, 2.45) is 50.2 Å². The third kappa shape index (κ3) is 4.59. The molecule has 0 aromatic heterocycles. The number of nitrogens with zero attached hydrogens (tertiary/aromatic N) is 1. The van der Waals surface area contributed by atoms with Crippen molar-refractivity contribution in [3.8, 4) is 6.07 Å². The minimum atomic E-state index is -0.591. The van der Waals surface area contributed by atoms with Gasteiger partial charge in [-0.25, -0.2) is 0 Å². The van der Waals surface area contributed by atoms with Gasteiger partial charge in [0, 0.05) is 17.8 Å². The predicted molar refractivity (Wildman–Crippen MR) is 153 cm³/mol. The molecule has 0 N–H and O–H groups in total. The number of rotatable bonds is 8. The van der Waals surface area contributed by atoms with E-state index >= 15 is 0 Å². The molecule has 0 heterocycles. The summed E-state index contributed by atoms with van der Waals surface area (Å²) in [6.07, 6.45) is 12.1. The highest BCUT2D eigenvalue weighted by Crippen LogP contribution is 2.71. The third-order valence-electron chi connectivity index (χ3n) is 12.7. The number of carbonyl (C=O) groups is 2. The average molecular weight is 508 g/mol. The molecular formula is C34H53NO2. The molecule has 0 aliphatic heterocycles. The lowest BCUT2D eigenvalue weighted by atomic mass is 9.35. The van der Waals surface area contributed by atoms with E-state index in [-0.39, 0.29) is 45.2 Å². The van der Waals surface area contributed by atoms with Crippen LogP contribution in [0.2, 0.25) is 0 Å². The minimum Gasteiger partial charge on any atom is -0.299 e. The van der Waals surface area contributed by atoms with Gasteiger partial charge in [0.1, 0.15) is 11.9 Å². The Bertz CT molecular complexity index is 1030. The maximum Gasteiger partial charge on any atom is 0.178 e. The smallest absolute Gasteiger partial charge is 0.178 e. The van der Waals surface area contributed by atoms with Crippen molar-refractivity contribution in [2.45, 2.75) is 121 Å². The Morgan fingerprint density at radius 1 is 1.08 bits per heavy atom. The summed E-state index contributed by atoms with van der Waals surface area (Å²) in [4.78, 5) is 26.9. The number of hydrogen-bond donors (Lipinski definition) is 0. The summed E-state index contributed by atoms with van der Waals surface area (Å²) in [5.41, 5.74) is -0.496. The van der Waals surface area contributed by atoms with Crippen molar-refractivity contribution in [3.63, 3.8) is 0 Å². The largest absolute Gasteiger partial charge is 0.299 e. The molecule has 0 spiro atoms. The molecule has 37 heavy (non-hydrogen) atoms. The zero-order chi connectivity index (χ0) is 28.2. The van der Waals surface area contributed by atoms with E-state index in [1.54, 1.807) is 0 Å². The minimum absolute atomic E-state index is 0.00676. The molecule has 0 aromatic rings. The van der Waals surface area contributed by atoms with Crippen LogP contribution in [0.25, 0.3) is 0 Å². The second kappa shape index (κ2) is 9.50. The fourth-order valence-electron chi connectivity index (χ4n) is 8.70. The maximum atomic E-state index is 13.7. The number of Topliss-reactive ketones (excluding diaryl/α,β-unsaturated/α-hetero) is 2. The quantitative estimate of drug-likeness (QED) is 0.308. The van der Waals surface area contributed by atoms with Crippen LogP contribution >= 0.6 is 0 Å². The Labute approximate surface area is 227 Å². The zero-order valence-electron chi connectivity index (χ0n) is 25.5. The van der Waals surface area contributed by atoms with E-state index in [0.29, 0.717) is 23.2 Å². The molecule has 2 fully saturated rings. The van der Waals surface area contributed by atoms with Gasteiger partial charge in [-0.2, -0.15) is 5.26 Å². The molecule has 0 aromatic carbocycles. The fraction of sp³-hybridized carbons (Fsp3) is 0.794. The molecule has 3 rings (SSSR count). The van der Waals surface area contributed by atoms with Crippen molar-refractivity contribution in [1.82, 2.24) is 0 Å². The van der Waals surface area contributed by atoms with Gasteiger partial charge in [-0.1, -0.05) is 87.8 Å². The van der Waals surface area contributed by atoms with E-state index in [1.807, 2.05) is 19.9 Å². The first-order chi connectivity index (χ1) is 16.9. The molecule has 3 aliphatic rings. The molecule has 3 heteroatoms. The van der Waals surface area contributed by atoms with Crippen LogP contribution in [-0.4, -0.2) is 11.6 Å². The number of fused-ring (bicyclic) bond motifs is 3. The summed E-state index contributed by atoms with van der Waals surface area (Å²) >= 11 is 0. The van der Waals surface area contributed by atoms with Crippen molar-refractivity contribution in [2.75, 3.05) is 0 Å². The van der Waals surface area contributed by atoms with E-state index in [2.05, 4.69) is 74.1 Å². The summed E-state index contributed by atoms with van der Waals surface area (Å²) in [6, 6.07) is 2.22. The molecule has 3 nitrogen and oxygen atoms in total. The van der Waals surface area contributed by atoms with Gasteiger partial charge in [-0.05, 0) is 77.4 Å². The van der Waals surface area contributed by atoms with Gasteiger partial charge in [0.25, 0.3) is 0 Å². The van der Waals surface area contributed by atoms with E-state index in [4.69, 9.17) is 0 Å². The van der Waals surface area contributed by atoms with E-state index in [1.165, 1.54) is 12.8 Å². The molecule has 0 saturated heterocycles. The maximum absolute atomic E-state index is 13.7. The van der Waals surface area contributed by atoms with Crippen LogP contribution in [0.3, 0.4) is 0 Å². The lowest BCUT2D eigenvalue weighted by Crippen LogP contribution is -2.64. The van der Waals surface area contributed by atoms with Gasteiger partial charge in [0.2, 0.25) is 0 Å². The van der Waals surface area contributed by atoms with E-state index < -0.39 is 5.41 Å². The first-order valence-corrected chi connectivity index (χ1v) is 14.7. The second-order valence-electron chi connectivity index (χ2n) is 15.3. The van der Waals surface area contributed by atoms with Crippen LogP contribution in [0.15, 0.2) is 24.3 Å². The SMILES string of the molecule is C=C[C@@](C)(CCC(C)(C)CC)CC[C@]1(C)C(C)C(=O)CC2[C@@]3(C)C=C(C#N)C(=O)C(C)(C)C3CC[C@]21C. The Morgan fingerprint density at radius 3 is 2.24 bits per heavy atom. The zero-order valence-corrected chi connectivity index (χ0v) is 25.5. The van der Waals surface area contributed by atoms with Gasteiger partial charge in [-0.3, -0.25) is 9.59 Å². The van der Waals surface area contributed by atoms with Crippen molar-refractivity contribution in [3.05, 3.63) is 24.3 Å². The molecule has 2 saturated carbocycles. The molecule has 0 bridgehead atoms. The van der Waals surface area contributed by atoms with Crippen LogP contribution in [0.5, 0.6) is 0 Å². The summed E-state index contributed by atoms with van der Waals surface area (Å²) in [6.45, 7) is 26.8. The first kappa shape index (κ1) is 29.9. The normalized spacial score (nSPS) is 39.1. The van der Waals surface area contributed by atoms with Crippen LogP contribution < -0.4 is 0 Å². The highest BCUT2D eigenvalue weighted by atomic mass is 16.1. The summed E-state index contributed by atoms with van der Waals surface area (Å²) in [7, 11) is 0. The van der Waals surface area contributed by atoms with Crippen molar-refractivity contribution >= 4 is 11.6 Å².